The molecule has 3 heterocycles. The monoisotopic (exact) mass is 461 g/mol. The lowest BCUT2D eigenvalue weighted by Crippen LogP contribution is -2.51. The number of amides is 2. The maximum atomic E-state index is 13.2. The van der Waals surface area contributed by atoms with Crippen LogP contribution in [0.4, 0.5) is 0 Å². The van der Waals surface area contributed by atoms with Crippen LogP contribution in [-0.4, -0.2) is 65.4 Å². The van der Waals surface area contributed by atoms with Gasteiger partial charge >= 0.3 is 5.97 Å². The molecule has 8 heteroatoms. The van der Waals surface area contributed by atoms with Crippen LogP contribution in [0.15, 0.2) is 47.1 Å². The summed E-state index contributed by atoms with van der Waals surface area (Å²) < 4.78 is 10.7. The van der Waals surface area contributed by atoms with Gasteiger partial charge in [-0.1, -0.05) is 24.6 Å². The van der Waals surface area contributed by atoms with Gasteiger partial charge in [0.1, 0.15) is 0 Å². The third-order valence-corrected chi connectivity index (χ3v) is 6.60. The van der Waals surface area contributed by atoms with E-state index in [1.165, 1.54) is 6.26 Å². The first kappa shape index (κ1) is 22.1. The number of hydrogen-bond donors (Lipinski definition) is 0. The second kappa shape index (κ2) is 9.67. The zero-order chi connectivity index (χ0) is 23.5. The Hall–Kier alpha value is -3.68. The third kappa shape index (κ3) is 4.40. The number of fused-ring (bicyclic) bond motifs is 2. The number of pyridine rings is 1. The van der Waals surface area contributed by atoms with Gasteiger partial charge in [0.2, 0.25) is 0 Å². The first-order valence-corrected chi connectivity index (χ1v) is 11.8. The second-order valence-corrected chi connectivity index (χ2v) is 8.72. The van der Waals surface area contributed by atoms with Crippen LogP contribution < -0.4 is 0 Å². The van der Waals surface area contributed by atoms with Crippen molar-refractivity contribution >= 4 is 28.7 Å². The molecular weight excluding hydrogens is 434 g/mol. The lowest BCUT2D eigenvalue weighted by Gasteiger charge is -2.34. The van der Waals surface area contributed by atoms with Crippen LogP contribution in [0.25, 0.3) is 10.9 Å². The normalized spacial score (nSPS) is 16.1. The van der Waals surface area contributed by atoms with Gasteiger partial charge in [-0.3, -0.25) is 14.6 Å². The number of rotatable bonds is 4. The Morgan fingerprint density at radius 3 is 2.47 bits per heavy atom. The average molecular weight is 462 g/mol. The molecule has 1 aliphatic heterocycles. The first-order valence-electron chi connectivity index (χ1n) is 11.8. The Morgan fingerprint density at radius 1 is 0.912 bits per heavy atom. The molecule has 2 amide bonds. The van der Waals surface area contributed by atoms with Crippen molar-refractivity contribution in [1.29, 1.82) is 0 Å². The highest BCUT2D eigenvalue weighted by Crippen LogP contribution is 2.29. The highest BCUT2D eigenvalue weighted by atomic mass is 16.5. The number of piperazine rings is 1. The van der Waals surface area contributed by atoms with Crippen LogP contribution >= 0.6 is 0 Å². The number of aromatic nitrogens is 1. The maximum absolute atomic E-state index is 13.2. The summed E-state index contributed by atoms with van der Waals surface area (Å²) in [5, 5.41) is 0.769. The average Bonchev–Trinajstić information content (AvgIpc) is 3.31. The van der Waals surface area contributed by atoms with Gasteiger partial charge in [-0.25, -0.2) is 4.79 Å². The molecule has 8 nitrogen and oxygen atoms in total. The molecule has 0 saturated carbocycles. The van der Waals surface area contributed by atoms with E-state index in [9.17, 15) is 14.4 Å². The maximum Gasteiger partial charge on any atom is 0.339 e. The van der Waals surface area contributed by atoms with Crippen molar-refractivity contribution in [3.05, 3.63) is 65.2 Å². The number of para-hydroxylation sites is 1. The fourth-order valence-electron chi connectivity index (χ4n) is 4.79. The Balaban J connectivity index is 1.25. The smallest absolute Gasteiger partial charge is 0.339 e. The molecule has 3 aromatic rings. The van der Waals surface area contributed by atoms with Gasteiger partial charge in [-0.2, -0.15) is 0 Å². The molecule has 1 aromatic carbocycles. The molecular formula is C26H27N3O5. The van der Waals surface area contributed by atoms with E-state index in [-0.39, 0.29) is 24.2 Å². The lowest BCUT2D eigenvalue weighted by atomic mass is 9.97. The predicted molar refractivity (Wildman–Crippen MR) is 124 cm³/mol. The highest BCUT2D eigenvalue weighted by molar-refractivity contribution is 6.05. The van der Waals surface area contributed by atoms with E-state index in [1.807, 2.05) is 24.3 Å². The molecule has 1 fully saturated rings. The number of carbonyl (C=O) groups excluding carboxylic acids is 3. The molecule has 0 atom stereocenters. The quantitative estimate of drug-likeness (QED) is 0.438. The molecule has 2 aliphatic rings. The minimum Gasteiger partial charge on any atom is -0.459 e. The van der Waals surface area contributed by atoms with Crippen LogP contribution in [-0.2, 0) is 22.4 Å². The molecule has 0 spiro atoms. The number of nitrogens with zero attached hydrogens (tertiary/aromatic N) is 3. The van der Waals surface area contributed by atoms with Crippen LogP contribution in [0.1, 0.15) is 51.4 Å². The van der Waals surface area contributed by atoms with Gasteiger partial charge < -0.3 is 19.0 Å². The standard InChI is InChI=1S/C26H27N3O5/c30-23(28-12-14-29(15-13-28)25(31)22-11-6-16-33-22)17-34-26(32)24-18-7-2-1-3-9-20(18)27-21-10-5-4-8-19(21)24/h4-6,8,10-11,16H,1-3,7,9,12-15,17H2. The van der Waals surface area contributed by atoms with Crippen molar-refractivity contribution in [2.75, 3.05) is 32.8 Å². The zero-order valence-corrected chi connectivity index (χ0v) is 19.0. The Kier molecular flexibility index (Phi) is 6.29. The van der Waals surface area contributed by atoms with E-state index >= 15 is 0 Å². The largest absolute Gasteiger partial charge is 0.459 e. The summed E-state index contributed by atoms with van der Waals surface area (Å²) in [6.45, 7) is 1.26. The summed E-state index contributed by atoms with van der Waals surface area (Å²) in [4.78, 5) is 46.5. The van der Waals surface area contributed by atoms with Gasteiger partial charge in [-0.15, -0.1) is 0 Å². The van der Waals surface area contributed by atoms with Crippen molar-refractivity contribution in [2.24, 2.45) is 0 Å². The second-order valence-electron chi connectivity index (χ2n) is 8.72. The highest BCUT2D eigenvalue weighted by Gasteiger charge is 2.28. The van der Waals surface area contributed by atoms with Crippen LogP contribution in [0.3, 0.4) is 0 Å². The van der Waals surface area contributed by atoms with Crippen LogP contribution in [0.2, 0.25) is 0 Å². The van der Waals surface area contributed by atoms with E-state index in [0.717, 1.165) is 54.3 Å². The lowest BCUT2D eigenvalue weighted by molar-refractivity contribution is -0.136. The number of carbonyl (C=O) groups is 3. The van der Waals surface area contributed by atoms with Crippen molar-refractivity contribution in [3.63, 3.8) is 0 Å². The molecule has 0 bridgehead atoms. The van der Waals surface area contributed by atoms with Crippen molar-refractivity contribution < 1.29 is 23.5 Å². The molecule has 0 radical (unpaired) electrons. The van der Waals surface area contributed by atoms with Gasteiger partial charge in [0.25, 0.3) is 11.8 Å². The zero-order valence-electron chi connectivity index (χ0n) is 19.0. The fraction of sp³-hybridized carbons (Fsp3) is 0.385. The van der Waals surface area contributed by atoms with Crippen LogP contribution in [0.5, 0.6) is 0 Å². The third-order valence-electron chi connectivity index (χ3n) is 6.60. The predicted octanol–water partition coefficient (Wildman–Crippen LogP) is 3.24. The van der Waals surface area contributed by atoms with Crippen molar-refractivity contribution in [1.82, 2.24) is 14.8 Å². The number of aryl methyl sites for hydroxylation is 1. The van der Waals surface area contributed by atoms with Crippen LogP contribution in [0, 0.1) is 0 Å². The summed E-state index contributed by atoms with van der Waals surface area (Å²) >= 11 is 0. The van der Waals surface area contributed by atoms with E-state index in [2.05, 4.69) is 0 Å². The van der Waals surface area contributed by atoms with Gasteiger partial charge in [0, 0.05) is 37.3 Å². The molecule has 0 N–H and O–H groups in total. The number of esters is 1. The summed E-state index contributed by atoms with van der Waals surface area (Å²) in [6, 6.07) is 10.9. The minimum absolute atomic E-state index is 0.186. The minimum atomic E-state index is -0.475. The molecule has 2 aromatic heterocycles. The Morgan fingerprint density at radius 2 is 1.68 bits per heavy atom. The molecule has 1 aliphatic carbocycles. The van der Waals surface area contributed by atoms with E-state index in [4.69, 9.17) is 14.1 Å². The fourth-order valence-corrected chi connectivity index (χ4v) is 4.79. The number of benzene rings is 1. The molecule has 34 heavy (non-hydrogen) atoms. The Labute approximate surface area is 197 Å². The number of ether oxygens (including phenoxy) is 1. The first-order chi connectivity index (χ1) is 16.6. The summed E-state index contributed by atoms with van der Waals surface area (Å²) in [7, 11) is 0. The molecule has 5 rings (SSSR count). The summed E-state index contributed by atoms with van der Waals surface area (Å²) in [6.07, 6.45) is 6.27. The number of furan rings is 1. The summed E-state index contributed by atoms with van der Waals surface area (Å²) in [5.41, 5.74) is 3.24. The molecule has 176 valence electrons. The van der Waals surface area contributed by atoms with E-state index in [1.54, 1.807) is 21.9 Å². The SMILES string of the molecule is O=C(OCC(=O)N1CCN(C(=O)c2ccco2)CC1)c1c2c(nc3ccccc13)CCCCC2. The van der Waals surface area contributed by atoms with Gasteiger partial charge in [-0.05, 0) is 49.4 Å². The molecule has 1 saturated heterocycles. The number of hydrogen-bond acceptors (Lipinski definition) is 6. The van der Waals surface area contributed by atoms with E-state index in [0.29, 0.717) is 31.7 Å². The molecule has 0 unspecified atom stereocenters. The Bertz CT molecular complexity index is 1210. The van der Waals surface area contributed by atoms with E-state index < -0.39 is 5.97 Å². The van der Waals surface area contributed by atoms with Crippen molar-refractivity contribution in [3.8, 4) is 0 Å². The van der Waals surface area contributed by atoms with Gasteiger partial charge in [0.05, 0.1) is 17.3 Å². The summed E-state index contributed by atoms with van der Waals surface area (Å²) in [5.74, 6) is -0.633. The van der Waals surface area contributed by atoms with Gasteiger partial charge in [0.15, 0.2) is 12.4 Å². The van der Waals surface area contributed by atoms with Crippen molar-refractivity contribution in [2.45, 2.75) is 32.1 Å². The topological polar surface area (TPSA) is 93.0 Å².